The van der Waals surface area contributed by atoms with E-state index in [1.165, 1.54) is 0 Å². The monoisotopic (exact) mass is 312 g/mol. The van der Waals surface area contributed by atoms with Gasteiger partial charge in [-0.2, -0.15) is 43.9 Å². The van der Waals surface area contributed by atoms with E-state index in [2.05, 4.69) is 0 Å². The number of rotatable bonds is 6. The minimum absolute atomic E-state index is 1.79. The molecule has 0 saturated carbocycles. The van der Waals surface area contributed by atoms with Gasteiger partial charge in [0.2, 0.25) is 0 Å². The molecule has 0 rings (SSSR count). The number of hydrogen-bond donors (Lipinski definition) is 2. The number of aliphatic hydroxyl groups excluding tert-OH is 1. The Morgan fingerprint density at radius 2 is 1.00 bits per heavy atom. The molecule has 0 heterocycles. The first kappa shape index (κ1) is 18.2. The minimum atomic E-state index is -7.27. The summed E-state index contributed by atoms with van der Waals surface area (Å²) < 4.78 is 124. The van der Waals surface area contributed by atoms with Crippen LogP contribution in [0.1, 0.15) is 6.42 Å². The quantitative estimate of drug-likeness (QED) is 0.740. The Morgan fingerprint density at radius 1 is 0.632 bits per heavy atom. The molecule has 2 N–H and O–H groups in total. The molecule has 0 aromatic rings. The summed E-state index contributed by atoms with van der Waals surface area (Å²) in [6.45, 7) is -1.79. The molecule has 0 amide bonds. The van der Waals surface area contributed by atoms with E-state index in [0.29, 0.717) is 0 Å². The van der Waals surface area contributed by atoms with Crippen molar-refractivity contribution < 1.29 is 54.1 Å². The van der Waals surface area contributed by atoms with E-state index in [1.807, 2.05) is 0 Å². The molecule has 0 radical (unpaired) electrons. The Labute approximate surface area is 98.2 Å². The molecule has 2 nitrogen and oxygen atoms in total. The van der Waals surface area contributed by atoms with Crippen molar-refractivity contribution in [3.8, 4) is 0 Å². The van der Waals surface area contributed by atoms with Gasteiger partial charge < -0.3 is 10.2 Å². The van der Waals surface area contributed by atoms with Gasteiger partial charge in [-0.1, -0.05) is 0 Å². The van der Waals surface area contributed by atoms with Gasteiger partial charge in [-0.05, 0) is 0 Å². The molecule has 0 bridgehead atoms. The van der Waals surface area contributed by atoms with Gasteiger partial charge in [0.25, 0.3) is 0 Å². The highest BCUT2D eigenvalue weighted by Crippen LogP contribution is 2.56. The highest BCUT2D eigenvalue weighted by atomic mass is 19.4. The number of alkyl halides is 10. The minimum Gasteiger partial charge on any atom is -0.396 e. The topological polar surface area (TPSA) is 40.5 Å². The van der Waals surface area contributed by atoms with Crippen LogP contribution < -0.4 is 0 Å². The van der Waals surface area contributed by atoms with E-state index in [1.54, 1.807) is 0 Å². The van der Waals surface area contributed by atoms with Crippen LogP contribution in [0.15, 0.2) is 0 Å². The third-order valence-corrected chi connectivity index (χ3v) is 2.05. The van der Waals surface area contributed by atoms with Crippen LogP contribution in [-0.2, 0) is 0 Å². The zero-order valence-corrected chi connectivity index (χ0v) is 8.59. The van der Waals surface area contributed by atoms with Crippen LogP contribution in [0.25, 0.3) is 0 Å². The molecule has 0 aliphatic heterocycles. The highest BCUT2D eigenvalue weighted by molar-refractivity contribution is 5.05. The van der Waals surface area contributed by atoms with E-state index < -0.39 is 42.8 Å². The van der Waals surface area contributed by atoms with E-state index in [9.17, 15) is 43.9 Å². The first-order valence-corrected chi connectivity index (χ1v) is 4.28. The van der Waals surface area contributed by atoms with Crippen molar-refractivity contribution in [1.82, 2.24) is 0 Å². The zero-order valence-electron chi connectivity index (χ0n) is 8.59. The van der Waals surface area contributed by atoms with Crippen LogP contribution in [0, 0.1) is 0 Å². The van der Waals surface area contributed by atoms with Crippen LogP contribution in [0.2, 0.25) is 0 Å². The summed E-state index contributed by atoms with van der Waals surface area (Å²) in [5, 5.41) is 15.4. The normalized spacial score (nSPS) is 15.8. The van der Waals surface area contributed by atoms with Crippen molar-refractivity contribution in [1.29, 1.82) is 0 Å². The molecule has 0 aliphatic rings. The van der Waals surface area contributed by atoms with Gasteiger partial charge in [0.05, 0.1) is 0 Å². The van der Waals surface area contributed by atoms with Crippen molar-refractivity contribution >= 4 is 0 Å². The predicted octanol–water partition coefficient (Wildman–Crippen LogP) is 2.50. The molecule has 12 heteroatoms. The Balaban J connectivity index is 5.77. The van der Waals surface area contributed by atoms with Crippen LogP contribution in [0.5, 0.6) is 0 Å². The lowest BCUT2D eigenvalue weighted by Crippen LogP contribution is -2.67. The average molecular weight is 312 g/mol. The summed E-state index contributed by atoms with van der Waals surface area (Å²) in [5.74, 6) is -27.3. The van der Waals surface area contributed by atoms with Gasteiger partial charge in [-0.3, -0.25) is 0 Å². The Hall–Kier alpha value is -0.780. The van der Waals surface area contributed by atoms with Gasteiger partial charge >= 0.3 is 29.8 Å². The molecule has 19 heavy (non-hydrogen) atoms. The molecule has 0 unspecified atom stereocenters. The van der Waals surface area contributed by atoms with E-state index in [0.717, 1.165) is 0 Å². The Bertz CT molecular complexity index is 320. The largest absolute Gasteiger partial charge is 0.423 e. The summed E-state index contributed by atoms with van der Waals surface area (Å²) >= 11 is 0. The molecular formula is C7H6F10O2. The molecule has 0 spiro atoms. The number of aliphatic hydroxyl groups is 2. The molecule has 0 aromatic carbocycles. The van der Waals surface area contributed by atoms with Gasteiger partial charge in [0.15, 0.2) is 0 Å². The molecular weight excluding hydrogens is 306 g/mol. The lowest BCUT2D eigenvalue weighted by atomic mass is 9.96. The fraction of sp³-hybridized carbons (Fsp3) is 1.00. The molecule has 0 fully saturated rings. The van der Waals surface area contributed by atoms with Gasteiger partial charge in [0, 0.05) is 13.0 Å². The average Bonchev–Trinajstić information content (AvgIpc) is 2.14. The number of hydrogen-bond acceptors (Lipinski definition) is 2. The highest BCUT2D eigenvalue weighted by Gasteiger charge is 2.86. The van der Waals surface area contributed by atoms with E-state index in [4.69, 9.17) is 10.2 Å². The maximum atomic E-state index is 12.7. The first-order chi connectivity index (χ1) is 8.06. The van der Waals surface area contributed by atoms with E-state index in [-0.39, 0.29) is 0 Å². The van der Waals surface area contributed by atoms with E-state index >= 15 is 0 Å². The van der Waals surface area contributed by atoms with Crippen molar-refractivity contribution in [2.24, 2.45) is 0 Å². The van der Waals surface area contributed by atoms with Gasteiger partial charge in [0.1, 0.15) is 0 Å². The zero-order chi connectivity index (χ0) is 15.9. The van der Waals surface area contributed by atoms with Crippen molar-refractivity contribution in [3.63, 3.8) is 0 Å². The maximum Gasteiger partial charge on any atom is 0.423 e. The Morgan fingerprint density at radius 3 is 1.26 bits per heavy atom. The second-order valence-corrected chi connectivity index (χ2v) is 3.44. The van der Waals surface area contributed by atoms with Crippen LogP contribution in [0.3, 0.4) is 0 Å². The third kappa shape index (κ3) is 2.59. The summed E-state index contributed by atoms with van der Waals surface area (Å²) in [6, 6.07) is 0. The van der Waals surface area contributed by atoms with Crippen LogP contribution in [-0.4, -0.2) is 46.6 Å². The fourth-order valence-electron chi connectivity index (χ4n) is 0.913. The molecule has 0 saturated heterocycles. The van der Waals surface area contributed by atoms with Crippen molar-refractivity contribution in [3.05, 3.63) is 0 Å². The lowest BCUT2D eigenvalue weighted by molar-refractivity contribution is -0.438. The third-order valence-electron chi connectivity index (χ3n) is 2.05. The molecule has 116 valence electrons. The standard InChI is InChI=1S/C7H6F10O2/c8-3(9,1-2-18)4(10,11)5(12,13)6(14,15)7(16,17)19/h18-19H,1-2H2. The predicted molar refractivity (Wildman–Crippen MR) is 38.7 cm³/mol. The Kier molecular flexibility index (Phi) is 4.46. The number of halogens is 10. The van der Waals surface area contributed by atoms with Crippen LogP contribution in [0.4, 0.5) is 43.9 Å². The van der Waals surface area contributed by atoms with Gasteiger partial charge in [-0.25, -0.2) is 0 Å². The molecule has 0 aliphatic carbocycles. The summed E-state index contributed by atoms with van der Waals surface area (Å²) in [7, 11) is 0. The fourth-order valence-corrected chi connectivity index (χ4v) is 0.913. The van der Waals surface area contributed by atoms with Crippen molar-refractivity contribution in [2.75, 3.05) is 6.61 Å². The van der Waals surface area contributed by atoms with Crippen molar-refractivity contribution in [2.45, 2.75) is 36.2 Å². The summed E-state index contributed by atoms with van der Waals surface area (Å²) in [5.41, 5.74) is 0. The SMILES string of the molecule is OCCC(F)(F)C(F)(F)C(F)(F)C(F)(F)C(O)(F)F. The maximum absolute atomic E-state index is 12.7. The smallest absolute Gasteiger partial charge is 0.396 e. The van der Waals surface area contributed by atoms with Crippen LogP contribution >= 0.6 is 0 Å². The molecule has 0 aromatic heterocycles. The second kappa shape index (κ2) is 4.65. The summed E-state index contributed by atoms with van der Waals surface area (Å²) in [6.07, 6.45) is -9.03. The lowest BCUT2D eigenvalue weighted by Gasteiger charge is -2.37. The summed E-state index contributed by atoms with van der Waals surface area (Å²) in [4.78, 5) is 0. The van der Waals surface area contributed by atoms with Gasteiger partial charge in [-0.15, -0.1) is 0 Å². The molecule has 0 atom stereocenters. The second-order valence-electron chi connectivity index (χ2n) is 3.44. The first-order valence-electron chi connectivity index (χ1n) is 4.28.